The molecule has 0 atom stereocenters. The largest absolute Gasteiger partial charge is 0.308 e. The molecule has 0 saturated carbocycles. The molecule has 0 aliphatic carbocycles. The smallest absolute Gasteiger partial charge is 0.164 e. The van der Waals surface area contributed by atoms with Gasteiger partial charge >= 0.3 is 0 Å². The molecule has 9 rings (SSSR count). The molecule has 6 aromatic carbocycles. The third-order valence-electron chi connectivity index (χ3n) is 8.38. The first-order valence-electron chi connectivity index (χ1n) is 14.5. The molecule has 9 aromatic rings. The highest BCUT2D eigenvalue weighted by Crippen LogP contribution is 2.47. The number of para-hydroxylation sites is 2. The first kappa shape index (κ1) is 23.8. The SMILES string of the molecule is c1ccc(-c2nc(-c3ccccc3)nc(-c3cc4c5ccccc5n5c6ccccc6c(c3-c3ccccc3)c45)n2)cc1. The minimum atomic E-state index is 0.655. The van der Waals surface area contributed by atoms with Crippen molar-refractivity contribution in [3.63, 3.8) is 0 Å². The van der Waals surface area contributed by atoms with Crippen molar-refractivity contribution in [2.75, 3.05) is 0 Å². The molecule has 0 unspecified atom stereocenters. The molecule has 0 aliphatic rings. The lowest BCUT2D eigenvalue weighted by molar-refractivity contribution is 1.08. The van der Waals surface area contributed by atoms with Gasteiger partial charge in [-0.1, -0.05) is 127 Å². The maximum absolute atomic E-state index is 5.18. The van der Waals surface area contributed by atoms with Crippen molar-refractivity contribution in [1.82, 2.24) is 19.4 Å². The fourth-order valence-electron chi connectivity index (χ4n) is 6.53. The van der Waals surface area contributed by atoms with Gasteiger partial charge in [-0.05, 0) is 23.8 Å². The van der Waals surface area contributed by atoms with Gasteiger partial charge in [-0.15, -0.1) is 0 Å². The van der Waals surface area contributed by atoms with Crippen LogP contribution in [0.3, 0.4) is 0 Å². The molecule has 0 saturated heterocycles. The van der Waals surface area contributed by atoms with Crippen LogP contribution in [-0.4, -0.2) is 19.4 Å². The van der Waals surface area contributed by atoms with Gasteiger partial charge in [-0.25, -0.2) is 15.0 Å². The molecule has 43 heavy (non-hydrogen) atoms. The van der Waals surface area contributed by atoms with Gasteiger partial charge in [0.2, 0.25) is 0 Å². The number of rotatable bonds is 4. The summed E-state index contributed by atoms with van der Waals surface area (Å²) in [5.41, 5.74) is 8.79. The molecule has 200 valence electrons. The Morgan fingerprint density at radius 3 is 1.47 bits per heavy atom. The number of hydrogen-bond acceptors (Lipinski definition) is 3. The van der Waals surface area contributed by atoms with E-state index in [0.717, 1.165) is 27.8 Å². The van der Waals surface area contributed by atoms with Gasteiger partial charge in [0, 0.05) is 43.8 Å². The number of aromatic nitrogens is 4. The maximum atomic E-state index is 5.18. The van der Waals surface area contributed by atoms with E-state index in [9.17, 15) is 0 Å². The predicted molar refractivity (Wildman–Crippen MR) is 176 cm³/mol. The fraction of sp³-hybridized carbons (Fsp3) is 0. The number of fused-ring (bicyclic) bond motifs is 6. The van der Waals surface area contributed by atoms with Crippen molar-refractivity contribution in [2.45, 2.75) is 0 Å². The van der Waals surface area contributed by atoms with E-state index in [4.69, 9.17) is 15.0 Å². The van der Waals surface area contributed by atoms with Gasteiger partial charge in [0.1, 0.15) is 0 Å². The second-order valence-electron chi connectivity index (χ2n) is 10.8. The van der Waals surface area contributed by atoms with Crippen LogP contribution >= 0.6 is 0 Å². The van der Waals surface area contributed by atoms with Crippen LogP contribution in [0.5, 0.6) is 0 Å². The summed E-state index contributed by atoms with van der Waals surface area (Å²) in [4.78, 5) is 15.3. The molecule has 4 heteroatoms. The molecule has 0 fully saturated rings. The summed E-state index contributed by atoms with van der Waals surface area (Å²) in [7, 11) is 0. The molecule has 0 bridgehead atoms. The van der Waals surface area contributed by atoms with E-state index in [2.05, 4.69) is 114 Å². The zero-order valence-electron chi connectivity index (χ0n) is 23.1. The van der Waals surface area contributed by atoms with Crippen LogP contribution < -0.4 is 0 Å². The first-order valence-corrected chi connectivity index (χ1v) is 14.5. The van der Waals surface area contributed by atoms with Gasteiger partial charge in [-0.3, -0.25) is 0 Å². The topological polar surface area (TPSA) is 43.1 Å². The normalized spacial score (nSPS) is 11.7. The lowest BCUT2D eigenvalue weighted by Gasteiger charge is -2.14. The first-order chi connectivity index (χ1) is 21.3. The second-order valence-corrected chi connectivity index (χ2v) is 10.8. The highest BCUT2D eigenvalue weighted by atomic mass is 15.0. The van der Waals surface area contributed by atoms with E-state index in [0.29, 0.717) is 17.5 Å². The third-order valence-corrected chi connectivity index (χ3v) is 8.38. The lowest BCUT2D eigenvalue weighted by Crippen LogP contribution is -2.01. The Kier molecular flexibility index (Phi) is 5.16. The monoisotopic (exact) mass is 548 g/mol. The van der Waals surface area contributed by atoms with Crippen LogP contribution in [0, 0.1) is 0 Å². The molecule has 0 N–H and O–H groups in total. The van der Waals surface area contributed by atoms with Gasteiger partial charge in [0.05, 0.1) is 16.6 Å². The summed E-state index contributed by atoms with van der Waals surface area (Å²) in [6.07, 6.45) is 0. The van der Waals surface area contributed by atoms with Crippen LogP contribution in [0.2, 0.25) is 0 Å². The summed E-state index contributed by atoms with van der Waals surface area (Å²) in [5.74, 6) is 1.97. The molecule has 0 radical (unpaired) electrons. The second kappa shape index (κ2) is 9.33. The quantitative estimate of drug-likeness (QED) is 0.220. The van der Waals surface area contributed by atoms with Crippen LogP contribution in [0.1, 0.15) is 0 Å². The molecule has 4 nitrogen and oxygen atoms in total. The van der Waals surface area contributed by atoms with Crippen LogP contribution in [0.15, 0.2) is 146 Å². The van der Waals surface area contributed by atoms with Gasteiger partial charge in [0.25, 0.3) is 0 Å². The zero-order chi connectivity index (χ0) is 28.3. The Morgan fingerprint density at radius 1 is 0.395 bits per heavy atom. The molecular weight excluding hydrogens is 524 g/mol. The molecule has 3 heterocycles. The van der Waals surface area contributed by atoms with Crippen LogP contribution in [0.25, 0.3) is 83.4 Å². The van der Waals surface area contributed by atoms with E-state index >= 15 is 0 Å². The number of nitrogens with zero attached hydrogens (tertiary/aromatic N) is 4. The van der Waals surface area contributed by atoms with Crippen molar-refractivity contribution in [2.24, 2.45) is 0 Å². The van der Waals surface area contributed by atoms with Crippen molar-refractivity contribution in [3.05, 3.63) is 146 Å². The third kappa shape index (κ3) is 3.60. The summed E-state index contributed by atoms with van der Waals surface area (Å²) >= 11 is 0. The van der Waals surface area contributed by atoms with E-state index in [1.807, 2.05) is 36.4 Å². The standard InChI is InChI=1S/C39H24N4/c1-4-14-25(15-5-1)34-31(39-41-37(26-16-6-2-7-17-26)40-38(42-39)27-18-8-3-9-19-27)24-30-28-20-10-12-22-32(28)43-33-23-13-11-21-29(33)35(34)36(30)43/h1-24H. The van der Waals surface area contributed by atoms with E-state index in [1.165, 1.54) is 38.1 Å². The van der Waals surface area contributed by atoms with E-state index < -0.39 is 0 Å². The Hall–Kier alpha value is -5.87. The van der Waals surface area contributed by atoms with Crippen LogP contribution in [-0.2, 0) is 0 Å². The average Bonchev–Trinajstić information content (AvgIpc) is 3.61. The van der Waals surface area contributed by atoms with E-state index in [1.54, 1.807) is 0 Å². The number of hydrogen-bond donors (Lipinski definition) is 0. The van der Waals surface area contributed by atoms with Crippen molar-refractivity contribution in [1.29, 1.82) is 0 Å². The van der Waals surface area contributed by atoms with Gasteiger partial charge < -0.3 is 4.40 Å². The molecule has 0 aliphatic heterocycles. The average molecular weight is 549 g/mol. The van der Waals surface area contributed by atoms with Crippen molar-refractivity contribution in [3.8, 4) is 45.3 Å². The minimum Gasteiger partial charge on any atom is -0.308 e. The fourth-order valence-corrected chi connectivity index (χ4v) is 6.53. The Labute approximate surface area is 247 Å². The summed E-state index contributed by atoms with van der Waals surface area (Å²) in [6, 6.07) is 50.7. The highest BCUT2D eigenvalue weighted by molar-refractivity contribution is 6.29. The van der Waals surface area contributed by atoms with Crippen LogP contribution in [0.4, 0.5) is 0 Å². The molecule has 0 amide bonds. The van der Waals surface area contributed by atoms with Crippen molar-refractivity contribution >= 4 is 38.1 Å². The Balaban J connectivity index is 1.48. The van der Waals surface area contributed by atoms with Gasteiger partial charge in [0.15, 0.2) is 17.5 Å². The minimum absolute atomic E-state index is 0.655. The predicted octanol–water partition coefficient (Wildman–Crippen LogP) is 9.69. The summed E-state index contributed by atoms with van der Waals surface area (Å²) < 4.78 is 2.42. The Morgan fingerprint density at radius 2 is 0.860 bits per heavy atom. The molecular formula is C39H24N4. The summed E-state index contributed by atoms with van der Waals surface area (Å²) in [5, 5.41) is 4.84. The molecule has 0 spiro atoms. The zero-order valence-corrected chi connectivity index (χ0v) is 23.1. The van der Waals surface area contributed by atoms with Gasteiger partial charge in [-0.2, -0.15) is 0 Å². The van der Waals surface area contributed by atoms with Crippen molar-refractivity contribution < 1.29 is 0 Å². The lowest BCUT2D eigenvalue weighted by atomic mass is 9.92. The molecule has 3 aromatic heterocycles. The highest BCUT2D eigenvalue weighted by Gasteiger charge is 2.25. The maximum Gasteiger partial charge on any atom is 0.164 e. The summed E-state index contributed by atoms with van der Waals surface area (Å²) in [6.45, 7) is 0. The Bertz CT molecular complexity index is 2370. The number of benzene rings is 6. The van der Waals surface area contributed by atoms with E-state index in [-0.39, 0.29) is 0 Å².